The van der Waals surface area contributed by atoms with Gasteiger partial charge in [0.05, 0.1) is 29.0 Å². The second-order valence-corrected chi connectivity index (χ2v) is 12.1. The topological polar surface area (TPSA) is 128 Å². The third-order valence-corrected chi connectivity index (χ3v) is 8.67. The molecule has 1 aliphatic carbocycles. The summed E-state index contributed by atoms with van der Waals surface area (Å²) < 4.78 is 67.0. The Kier molecular flexibility index (Phi) is 6.31. The van der Waals surface area contributed by atoms with Crippen LogP contribution < -0.4 is 10.5 Å². The smallest absolute Gasteiger partial charge is 0.366 e. The van der Waals surface area contributed by atoms with Crippen LogP contribution in [0.5, 0.6) is 0 Å². The van der Waals surface area contributed by atoms with Crippen molar-refractivity contribution in [2.45, 2.75) is 43.5 Å². The normalized spacial score (nSPS) is 14.7. The highest BCUT2D eigenvalue weighted by Crippen LogP contribution is 2.44. The van der Waals surface area contributed by atoms with E-state index in [1.54, 1.807) is 13.8 Å². The second-order valence-electron chi connectivity index (χ2n) is 8.52. The van der Waals surface area contributed by atoms with E-state index in [4.69, 9.17) is 17.3 Å². The Morgan fingerprint density at radius 1 is 1.20 bits per heavy atom. The number of sulfonamides is 1. The molecule has 1 amide bonds. The lowest BCUT2D eigenvalue weighted by molar-refractivity contribution is -0.141. The van der Waals surface area contributed by atoms with E-state index in [1.165, 1.54) is 24.4 Å². The number of halogens is 4. The van der Waals surface area contributed by atoms with Gasteiger partial charge in [0.2, 0.25) is 15.9 Å². The zero-order valence-corrected chi connectivity index (χ0v) is 20.7. The number of nitrogens with one attached hydrogen (secondary N) is 1. The van der Waals surface area contributed by atoms with Crippen LogP contribution in [-0.4, -0.2) is 34.5 Å². The predicted octanol–water partition coefficient (Wildman–Crippen LogP) is 4.60. The van der Waals surface area contributed by atoms with Crippen molar-refractivity contribution >= 4 is 44.0 Å². The zero-order chi connectivity index (χ0) is 25.8. The molecule has 1 fully saturated rings. The monoisotopic (exact) mass is 545 g/mol. The van der Waals surface area contributed by atoms with Gasteiger partial charge >= 0.3 is 6.18 Å². The fourth-order valence-electron chi connectivity index (χ4n) is 3.51. The number of nitrogens with two attached hydrogens (primary N) is 1. The van der Waals surface area contributed by atoms with Crippen LogP contribution in [0.15, 0.2) is 30.6 Å². The standard InChI is InChI=1S/C21H19ClF3N5O3S2/c1-20(2,16-17(22)34-19(29-16)30-35(32,33)11-4-5-11)13-7-10(18(26)31)3-6-12(13)14-8-27-9-15(28-14)21(23,24)25/h3,6-9,11H,4-5H2,1-2H3,(H2,26,31)(H,29,30). The average molecular weight is 546 g/mol. The first kappa shape index (κ1) is 25.3. The number of hydrogen-bond acceptors (Lipinski definition) is 7. The number of rotatable bonds is 7. The first-order valence-electron chi connectivity index (χ1n) is 10.2. The van der Waals surface area contributed by atoms with Crippen LogP contribution in [-0.2, 0) is 21.6 Å². The molecular weight excluding hydrogens is 527 g/mol. The van der Waals surface area contributed by atoms with Gasteiger partial charge in [0.25, 0.3) is 0 Å². The number of thiazole rings is 1. The molecule has 2 heterocycles. The number of amides is 1. The lowest BCUT2D eigenvalue weighted by Gasteiger charge is -2.27. The molecule has 0 saturated heterocycles. The molecule has 3 N–H and O–H groups in total. The number of carbonyl (C=O) groups is 1. The van der Waals surface area contributed by atoms with E-state index < -0.39 is 38.5 Å². The summed E-state index contributed by atoms with van der Waals surface area (Å²) in [4.78, 5) is 23.6. The average Bonchev–Trinajstić information content (AvgIpc) is 3.57. The van der Waals surface area contributed by atoms with Crippen LogP contribution in [0, 0.1) is 0 Å². The number of nitrogens with zero attached hydrogens (tertiary/aromatic N) is 3. The summed E-state index contributed by atoms with van der Waals surface area (Å²) in [6, 6.07) is 4.23. The Hall–Kier alpha value is -2.77. The molecule has 0 aliphatic heterocycles. The van der Waals surface area contributed by atoms with Gasteiger partial charge in [-0.05, 0) is 30.5 Å². The molecule has 1 saturated carbocycles. The number of anilines is 1. The maximum Gasteiger partial charge on any atom is 0.434 e. The molecule has 186 valence electrons. The van der Waals surface area contributed by atoms with Gasteiger partial charge in [-0.3, -0.25) is 14.5 Å². The minimum absolute atomic E-state index is 0.0661. The lowest BCUT2D eigenvalue weighted by atomic mass is 9.78. The third kappa shape index (κ3) is 5.11. The Morgan fingerprint density at radius 3 is 2.49 bits per heavy atom. The van der Waals surface area contributed by atoms with Gasteiger partial charge in [0, 0.05) is 16.5 Å². The van der Waals surface area contributed by atoms with Gasteiger partial charge in [-0.1, -0.05) is 42.9 Å². The Morgan fingerprint density at radius 2 is 1.89 bits per heavy atom. The van der Waals surface area contributed by atoms with E-state index in [9.17, 15) is 26.4 Å². The van der Waals surface area contributed by atoms with Gasteiger partial charge in [-0.2, -0.15) is 13.2 Å². The number of carbonyl (C=O) groups excluding carboxylic acids is 1. The summed E-state index contributed by atoms with van der Waals surface area (Å²) in [6.45, 7) is 3.38. The van der Waals surface area contributed by atoms with E-state index in [-0.39, 0.29) is 32.0 Å². The number of hydrogen-bond donors (Lipinski definition) is 2. The van der Waals surface area contributed by atoms with Gasteiger partial charge in [-0.25, -0.2) is 18.4 Å². The largest absolute Gasteiger partial charge is 0.434 e. The first-order valence-corrected chi connectivity index (χ1v) is 13.0. The maximum absolute atomic E-state index is 13.3. The SMILES string of the molecule is CC(C)(c1cc(C(N)=O)ccc1-c1cncc(C(F)(F)F)n1)c1nc(NS(=O)(=O)C2CC2)sc1Cl. The summed E-state index contributed by atoms with van der Waals surface area (Å²) in [5.74, 6) is -0.744. The summed E-state index contributed by atoms with van der Waals surface area (Å²) in [7, 11) is -3.59. The molecule has 1 aliphatic rings. The highest BCUT2D eigenvalue weighted by Gasteiger charge is 2.38. The van der Waals surface area contributed by atoms with Crippen LogP contribution in [0.4, 0.5) is 18.3 Å². The molecule has 0 spiro atoms. The summed E-state index contributed by atoms with van der Waals surface area (Å²) >= 11 is 7.36. The van der Waals surface area contributed by atoms with Crippen molar-refractivity contribution in [3.8, 4) is 11.3 Å². The molecule has 0 atom stereocenters. The first-order chi connectivity index (χ1) is 16.2. The highest BCUT2D eigenvalue weighted by molar-refractivity contribution is 7.93. The van der Waals surface area contributed by atoms with E-state index >= 15 is 0 Å². The van der Waals surface area contributed by atoms with Crippen LogP contribution in [0.2, 0.25) is 4.34 Å². The quantitative estimate of drug-likeness (QED) is 0.446. The van der Waals surface area contributed by atoms with Gasteiger partial charge in [0.15, 0.2) is 10.8 Å². The highest BCUT2D eigenvalue weighted by atomic mass is 35.5. The van der Waals surface area contributed by atoms with Crippen LogP contribution in [0.25, 0.3) is 11.3 Å². The molecule has 0 unspecified atom stereocenters. The van der Waals surface area contributed by atoms with E-state index in [2.05, 4.69) is 19.7 Å². The fraction of sp³-hybridized carbons (Fsp3) is 0.333. The van der Waals surface area contributed by atoms with Gasteiger partial charge in [-0.15, -0.1) is 0 Å². The molecule has 4 rings (SSSR count). The number of alkyl halides is 3. The van der Waals surface area contributed by atoms with Crippen LogP contribution in [0.3, 0.4) is 0 Å². The van der Waals surface area contributed by atoms with Crippen molar-refractivity contribution in [3.05, 3.63) is 57.4 Å². The number of primary amides is 1. The Bertz CT molecular complexity index is 1420. The third-order valence-electron chi connectivity index (χ3n) is 5.55. The minimum atomic E-state index is -4.71. The van der Waals surface area contributed by atoms with Crippen molar-refractivity contribution < 1.29 is 26.4 Å². The van der Waals surface area contributed by atoms with E-state index in [1.807, 2.05) is 0 Å². The Labute approximate surface area is 207 Å². The molecule has 0 bridgehead atoms. The van der Waals surface area contributed by atoms with Crippen molar-refractivity contribution in [1.29, 1.82) is 0 Å². The van der Waals surface area contributed by atoms with Crippen molar-refractivity contribution in [2.24, 2.45) is 5.73 Å². The molecule has 35 heavy (non-hydrogen) atoms. The van der Waals surface area contributed by atoms with Gasteiger partial charge < -0.3 is 5.73 Å². The fourth-order valence-corrected chi connectivity index (χ4v) is 6.44. The molecule has 1 aromatic carbocycles. The molecule has 3 aromatic rings. The molecule has 0 radical (unpaired) electrons. The predicted molar refractivity (Wildman–Crippen MR) is 126 cm³/mol. The summed E-state index contributed by atoms with van der Waals surface area (Å²) in [6.07, 6.45) is -1.80. The number of aromatic nitrogens is 3. The minimum Gasteiger partial charge on any atom is -0.366 e. The molecular formula is C21H19ClF3N5O3S2. The van der Waals surface area contributed by atoms with E-state index in [0.717, 1.165) is 11.3 Å². The Balaban J connectivity index is 1.84. The number of benzene rings is 1. The van der Waals surface area contributed by atoms with Crippen molar-refractivity contribution in [3.63, 3.8) is 0 Å². The van der Waals surface area contributed by atoms with Crippen molar-refractivity contribution in [2.75, 3.05) is 4.72 Å². The molecule has 2 aromatic heterocycles. The molecule has 8 nitrogen and oxygen atoms in total. The van der Waals surface area contributed by atoms with E-state index in [0.29, 0.717) is 24.6 Å². The van der Waals surface area contributed by atoms with Crippen LogP contribution in [0.1, 0.15) is 54.0 Å². The van der Waals surface area contributed by atoms with Gasteiger partial charge in [0.1, 0.15) is 4.34 Å². The molecule has 14 heteroatoms. The summed E-state index contributed by atoms with van der Waals surface area (Å²) in [5, 5.41) is -0.406. The summed E-state index contributed by atoms with van der Waals surface area (Å²) in [5.41, 5.74) is 4.05. The maximum atomic E-state index is 13.3. The van der Waals surface area contributed by atoms with Crippen molar-refractivity contribution in [1.82, 2.24) is 15.0 Å². The lowest BCUT2D eigenvalue weighted by Crippen LogP contribution is -2.23. The van der Waals surface area contributed by atoms with Crippen LogP contribution >= 0.6 is 22.9 Å². The zero-order valence-electron chi connectivity index (χ0n) is 18.4. The second kappa shape index (κ2) is 8.71.